The van der Waals surface area contributed by atoms with Gasteiger partial charge in [-0.3, -0.25) is 0 Å². The van der Waals surface area contributed by atoms with E-state index in [-0.39, 0.29) is 18.9 Å². The largest absolute Gasteiger partial charge is 0.480 e. The van der Waals surface area contributed by atoms with E-state index in [1.54, 1.807) is 18.3 Å². The summed E-state index contributed by atoms with van der Waals surface area (Å²) in [4.78, 5) is 30.3. The number of aliphatic carboxylic acids is 1. The summed E-state index contributed by atoms with van der Waals surface area (Å²) >= 11 is 0. The summed E-state index contributed by atoms with van der Waals surface area (Å²) in [6.07, 6.45) is 1.00. The lowest BCUT2D eigenvalue weighted by molar-refractivity contribution is -0.139. The lowest BCUT2D eigenvalue weighted by atomic mass is 9.98. The van der Waals surface area contributed by atoms with E-state index in [0.29, 0.717) is 5.82 Å². The third kappa shape index (κ3) is 4.42. The molecule has 0 bridgehead atoms. The van der Waals surface area contributed by atoms with E-state index in [1.165, 1.54) is 0 Å². The summed E-state index contributed by atoms with van der Waals surface area (Å²) in [7, 11) is 3.71. The second-order valence-electron chi connectivity index (χ2n) is 7.98. The molecule has 0 fully saturated rings. The van der Waals surface area contributed by atoms with Crippen LogP contribution in [0.2, 0.25) is 0 Å². The van der Waals surface area contributed by atoms with Crippen molar-refractivity contribution in [3.05, 3.63) is 83.6 Å². The van der Waals surface area contributed by atoms with Gasteiger partial charge in [0.05, 0.1) is 0 Å². The van der Waals surface area contributed by atoms with Gasteiger partial charge in [0, 0.05) is 32.6 Å². The van der Waals surface area contributed by atoms with Gasteiger partial charge in [-0.2, -0.15) is 0 Å². The van der Waals surface area contributed by atoms with Crippen LogP contribution in [0.25, 0.3) is 11.1 Å². The molecule has 1 aromatic heterocycles. The van der Waals surface area contributed by atoms with E-state index < -0.39 is 18.1 Å². The average molecular weight is 431 g/mol. The fourth-order valence-electron chi connectivity index (χ4n) is 4.05. The van der Waals surface area contributed by atoms with Crippen LogP contribution in [-0.4, -0.2) is 48.9 Å². The summed E-state index contributed by atoms with van der Waals surface area (Å²) in [5.41, 5.74) is 5.23. The Morgan fingerprint density at radius 3 is 2.28 bits per heavy atom. The summed E-state index contributed by atoms with van der Waals surface area (Å²) < 4.78 is 5.49. The summed E-state index contributed by atoms with van der Waals surface area (Å²) in [5.74, 6) is -0.492. The Balaban J connectivity index is 1.43. The number of anilines is 1. The number of hydrogen-bond donors (Lipinski definition) is 2. The van der Waals surface area contributed by atoms with Gasteiger partial charge in [-0.05, 0) is 39.9 Å². The smallest absolute Gasteiger partial charge is 0.407 e. The molecule has 1 aliphatic carbocycles. The van der Waals surface area contributed by atoms with E-state index in [1.807, 2.05) is 55.4 Å². The van der Waals surface area contributed by atoms with Crippen LogP contribution in [0.4, 0.5) is 10.6 Å². The van der Waals surface area contributed by atoms with Crippen LogP contribution in [0.1, 0.15) is 22.6 Å². The highest BCUT2D eigenvalue weighted by molar-refractivity contribution is 5.81. The van der Waals surface area contributed by atoms with Crippen LogP contribution >= 0.6 is 0 Å². The highest BCUT2D eigenvalue weighted by Gasteiger charge is 2.29. The molecule has 2 N–H and O–H groups in total. The van der Waals surface area contributed by atoms with Gasteiger partial charge < -0.3 is 20.1 Å². The number of carbonyl (C=O) groups is 2. The Kier molecular flexibility index (Phi) is 6.07. The molecule has 1 amide bonds. The number of nitrogens with one attached hydrogen (secondary N) is 1. The zero-order chi connectivity index (χ0) is 22.7. The van der Waals surface area contributed by atoms with Crippen LogP contribution in [-0.2, 0) is 16.0 Å². The van der Waals surface area contributed by atoms with Crippen molar-refractivity contribution in [1.82, 2.24) is 10.3 Å². The molecule has 3 aromatic rings. The minimum absolute atomic E-state index is 0.0840. The molecule has 7 nitrogen and oxygen atoms in total. The maximum absolute atomic E-state index is 12.5. The quantitative estimate of drug-likeness (QED) is 0.593. The molecule has 1 aliphatic rings. The number of carboxylic acids is 1. The van der Waals surface area contributed by atoms with E-state index in [4.69, 9.17) is 4.74 Å². The van der Waals surface area contributed by atoms with Gasteiger partial charge in [0.1, 0.15) is 18.5 Å². The molecule has 164 valence electrons. The molecular weight excluding hydrogens is 406 g/mol. The number of benzene rings is 2. The first kappa shape index (κ1) is 21.4. The van der Waals surface area contributed by atoms with E-state index >= 15 is 0 Å². The Hall–Kier alpha value is -3.87. The first-order valence-electron chi connectivity index (χ1n) is 10.4. The number of alkyl carbamates (subject to hydrolysis) is 1. The van der Waals surface area contributed by atoms with Crippen LogP contribution in [0, 0.1) is 0 Å². The van der Waals surface area contributed by atoms with Gasteiger partial charge in [0.25, 0.3) is 0 Å². The number of ether oxygens (including phenoxy) is 1. The molecule has 32 heavy (non-hydrogen) atoms. The van der Waals surface area contributed by atoms with Crippen LogP contribution in [0.3, 0.4) is 0 Å². The summed E-state index contributed by atoms with van der Waals surface area (Å²) in [6, 6.07) is 18.5. The second kappa shape index (κ2) is 9.09. The first-order chi connectivity index (χ1) is 15.4. The summed E-state index contributed by atoms with van der Waals surface area (Å²) in [5, 5.41) is 12.1. The number of pyridine rings is 1. The van der Waals surface area contributed by atoms with E-state index in [2.05, 4.69) is 22.4 Å². The van der Waals surface area contributed by atoms with Crippen LogP contribution in [0.5, 0.6) is 0 Å². The number of aromatic nitrogens is 1. The number of nitrogens with zero attached hydrogens (tertiary/aromatic N) is 2. The SMILES string of the molecule is CN(C)c1cc(CC(NC(=O)OCC2c3ccccc3-c3ccccc32)C(=O)O)ccn1. The lowest BCUT2D eigenvalue weighted by Gasteiger charge is -2.18. The van der Waals surface area contributed by atoms with Crippen molar-refractivity contribution >= 4 is 17.9 Å². The predicted molar refractivity (Wildman–Crippen MR) is 122 cm³/mol. The number of carbonyl (C=O) groups excluding carboxylic acids is 1. The molecule has 0 saturated carbocycles. The maximum Gasteiger partial charge on any atom is 0.407 e. The van der Waals surface area contributed by atoms with Crippen molar-refractivity contribution in [2.75, 3.05) is 25.6 Å². The monoisotopic (exact) mass is 431 g/mol. The van der Waals surface area contributed by atoms with Crippen LogP contribution < -0.4 is 10.2 Å². The topological polar surface area (TPSA) is 91.8 Å². The van der Waals surface area contributed by atoms with E-state index in [0.717, 1.165) is 27.8 Å². The molecule has 2 aromatic carbocycles. The minimum atomic E-state index is -1.12. The van der Waals surface area contributed by atoms with Gasteiger partial charge in [0.2, 0.25) is 0 Å². The van der Waals surface area contributed by atoms with Crippen molar-refractivity contribution < 1.29 is 19.4 Å². The molecular formula is C25H25N3O4. The third-order valence-electron chi connectivity index (χ3n) is 5.64. The fourth-order valence-corrected chi connectivity index (χ4v) is 4.05. The Bertz CT molecular complexity index is 1100. The molecule has 1 heterocycles. The highest BCUT2D eigenvalue weighted by atomic mass is 16.5. The first-order valence-corrected chi connectivity index (χ1v) is 10.4. The van der Waals surface area contributed by atoms with Crippen molar-refractivity contribution in [2.24, 2.45) is 0 Å². The number of rotatable bonds is 7. The lowest BCUT2D eigenvalue weighted by Crippen LogP contribution is -2.43. The minimum Gasteiger partial charge on any atom is -0.480 e. The molecule has 7 heteroatoms. The molecule has 0 aliphatic heterocycles. The Labute approximate surface area is 186 Å². The number of fused-ring (bicyclic) bond motifs is 3. The molecule has 1 unspecified atom stereocenters. The van der Waals surface area contributed by atoms with Gasteiger partial charge in [-0.25, -0.2) is 14.6 Å². The predicted octanol–water partition coefficient (Wildman–Crippen LogP) is 3.68. The van der Waals surface area contributed by atoms with Crippen molar-refractivity contribution in [3.63, 3.8) is 0 Å². The van der Waals surface area contributed by atoms with Crippen molar-refractivity contribution in [3.8, 4) is 11.1 Å². The molecule has 4 rings (SSSR count). The average Bonchev–Trinajstić information content (AvgIpc) is 3.11. The van der Waals surface area contributed by atoms with Gasteiger partial charge in [-0.1, -0.05) is 48.5 Å². The zero-order valence-electron chi connectivity index (χ0n) is 18.0. The van der Waals surface area contributed by atoms with Gasteiger partial charge in [0.15, 0.2) is 0 Å². The molecule has 0 spiro atoms. The summed E-state index contributed by atoms with van der Waals surface area (Å²) in [6.45, 7) is 0.131. The number of carboxylic acid groups (broad SMARTS) is 1. The normalized spacial score (nSPS) is 13.1. The molecule has 0 radical (unpaired) electrons. The molecule has 1 atom stereocenters. The number of hydrogen-bond acceptors (Lipinski definition) is 5. The number of amides is 1. The van der Waals surface area contributed by atoms with Gasteiger partial charge >= 0.3 is 12.1 Å². The zero-order valence-corrected chi connectivity index (χ0v) is 18.0. The standard InChI is InChI=1S/C25H25N3O4/c1-28(2)23-14-16(11-12-26-23)13-22(24(29)30)27-25(31)32-15-21-19-9-5-3-7-17(19)18-8-4-6-10-20(18)21/h3-12,14,21-22H,13,15H2,1-2H3,(H,27,31)(H,29,30). The van der Waals surface area contributed by atoms with Crippen LogP contribution in [0.15, 0.2) is 66.9 Å². The van der Waals surface area contributed by atoms with Crippen molar-refractivity contribution in [2.45, 2.75) is 18.4 Å². The highest BCUT2D eigenvalue weighted by Crippen LogP contribution is 2.44. The Morgan fingerprint density at radius 1 is 1.06 bits per heavy atom. The van der Waals surface area contributed by atoms with E-state index in [9.17, 15) is 14.7 Å². The van der Waals surface area contributed by atoms with Crippen molar-refractivity contribution in [1.29, 1.82) is 0 Å². The van der Waals surface area contributed by atoms with Gasteiger partial charge in [-0.15, -0.1) is 0 Å². The Morgan fingerprint density at radius 2 is 1.69 bits per heavy atom. The third-order valence-corrected chi connectivity index (χ3v) is 5.64. The second-order valence-corrected chi connectivity index (χ2v) is 7.98. The maximum atomic E-state index is 12.5. The fraction of sp³-hybridized carbons (Fsp3) is 0.240. The molecule has 0 saturated heterocycles.